The van der Waals surface area contributed by atoms with Gasteiger partial charge in [-0.05, 0) is 47.2 Å². The SMILES string of the molecule is CCCCN(C)CC1(CNC(C)(C)C)CCOC1. The maximum absolute atomic E-state index is 5.66. The smallest absolute Gasteiger partial charge is 0.0547 e. The number of hydrogen-bond acceptors (Lipinski definition) is 3. The topological polar surface area (TPSA) is 24.5 Å². The number of unbranched alkanes of at least 4 members (excludes halogenated alkanes) is 1. The lowest BCUT2D eigenvalue weighted by molar-refractivity contribution is 0.112. The summed E-state index contributed by atoms with van der Waals surface area (Å²) in [6.07, 6.45) is 3.75. The number of nitrogens with zero attached hydrogens (tertiary/aromatic N) is 1. The Balaban J connectivity index is 2.47. The second kappa shape index (κ2) is 6.88. The van der Waals surface area contributed by atoms with Crippen LogP contribution in [0.15, 0.2) is 0 Å². The van der Waals surface area contributed by atoms with E-state index in [4.69, 9.17) is 4.74 Å². The van der Waals surface area contributed by atoms with Gasteiger partial charge in [0, 0.05) is 30.7 Å². The minimum atomic E-state index is 0.192. The molecule has 3 nitrogen and oxygen atoms in total. The quantitative estimate of drug-likeness (QED) is 0.757. The van der Waals surface area contributed by atoms with E-state index in [0.717, 1.165) is 26.3 Å². The van der Waals surface area contributed by atoms with Gasteiger partial charge in [0.1, 0.15) is 0 Å². The number of ether oxygens (including phenoxy) is 1. The molecule has 0 saturated carbocycles. The first-order valence-corrected chi connectivity index (χ1v) is 7.38. The molecule has 1 saturated heterocycles. The van der Waals surface area contributed by atoms with Gasteiger partial charge in [0.05, 0.1) is 6.61 Å². The predicted molar refractivity (Wildman–Crippen MR) is 78.0 cm³/mol. The Kier molecular flexibility index (Phi) is 6.09. The van der Waals surface area contributed by atoms with Crippen LogP contribution in [0.3, 0.4) is 0 Å². The predicted octanol–water partition coefficient (Wildman–Crippen LogP) is 2.51. The molecular formula is C15H32N2O. The highest BCUT2D eigenvalue weighted by atomic mass is 16.5. The summed E-state index contributed by atoms with van der Waals surface area (Å²) in [6.45, 7) is 14.2. The Hall–Kier alpha value is -0.120. The zero-order valence-corrected chi connectivity index (χ0v) is 13.0. The van der Waals surface area contributed by atoms with E-state index in [1.54, 1.807) is 0 Å². The van der Waals surface area contributed by atoms with Crippen LogP contribution in [0.4, 0.5) is 0 Å². The van der Waals surface area contributed by atoms with Crippen molar-refractivity contribution in [1.82, 2.24) is 10.2 Å². The van der Waals surface area contributed by atoms with Crippen LogP contribution in [0.2, 0.25) is 0 Å². The van der Waals surface area contributed by atoms with Gasteiger partial charge in [-0.2, -0.15) is 0 Å². The van der Waals surface area contributed by atoms with Crippen molar-refractivity contribution in [2.75, 3.05) is 39.9 Å². The van der Waals surface area contributed by atoms with Gasteiger partial charge in [0.2, 0.25) is 0 Å². The van der Waals surface area contributed by atoms with Gasteiger partial charge in [-0.15, -0.1) is 0 Å². The molecule has 1 N–H and O–H groups in total. The van der Waals surface area contributed by atoms with Crippen LogP contribution in [-0.4, -0.2) is 50.3 Å². The van der Waals surface area contributed by atoms with Gasteiger partial charge in [-0.1, -0.05) is 13.3 Å². The van der Waals surface area contributed by atoms with Crippen molar-refractivity contribution in [2.45, 2.75) is 52.5 Å². The van der Waals surface area contributed by atoms with Crippen LogP contribution in [-0.2, 0) is 4.74 Å². The first-order valence-electron chi connectivity index (χ1n) is 7.38. The van der Waals surface area contributed by atoms with Gasteiger partial charge >= 0.3 is 0 Å². The lowest BCUT2D eigenvalue weighted by atomic mass is 9.85. The average Bonchev–Trinajstić information content (AvgIpc) is 2.72. The summed E-state index contributed by atoms with van der Waals surface area (Å²) in [5.74, 6) is 0. The first kappa shape index (κ1) is 15.9. The van der Waals surface area contributed by atoms with Gasteiger partial charge in [0.15, 0.2) is 0 Å². The fraction of sp³-hybridized carbons (Fsp3) is 1.00. The zero-order valence-electron chi connectivity index (χ0n) is 13.0. The molecule has 1 fully saturated rings. The van der Waals surface area contributed by atoms with E-state index >= 15 is 0 Å². The van der Waals surface area contributed by atoms with Crippen LogP contribution in [0.25, 0.3) is 0 Å². The summed E-state index contributed by atoms with van der Waals surface area (Å²) < 4.78 is 5.66. The van der Waals surface area contributed by atoms with Crippen LogP contribution in [0.5, 0.6) is 0 Å². The van der Waals surface area contributed by atoms with Gasteiger partial charge in [0.25, 0.3) is 0 Å². The fourth-order valence-electron chi connectivity index (χ4n) is 2.50. The molecule has 1 aliphatic rings. The summed E-state index contributed by atoms with van der Waals surface area (Å²) in [6, 6.07) is 0. The second-order valence-electron chi connectivity index (χ2n) is 7.00. The fourth-order valence-corrected chi connectivity index (χ4v) is 2.50. The van der Waals surface area contributed by atoms with Crippen LogP contribution in [0, 0.1) is 5.41 Å². The van der Waals surface area contributed by atoms with Gasteiger partial charge in [-0.25, -0.2) is 0 Å². The minimum absolute atomic E-state index is 0.192. The number of nitrogens with one attached hydrogen (secondary N) is 1. The van der Waals surface area contributed by atoms with E-state index < -0.39 is 0 Å². The molecule has 0 aromatic rings. The molecule has 0 radical (unpaired) electrons. The van der Waals surface area contributed by atoms with Crippen molar-refractivity contribution >= 4 is 0 Å². The number of rotatable bonds is 7. The van der Waals surface area contributed by atoms with Crippen molar-refractivity contribution in [1.29, 1.82) is 0 Å². The summed E-state index contributed by atoms with van der Waals surface area (Å²) in [5.41, 5.74) is 0.507. The Morgan fingerprint density at radius 1 is 1.33 bits per heavy atom. The maximum Gasteiger partial charge on any atom is 0.0547 e. The van der Waals surface area contributed by atoms with Crippen molar-refractivity contribution < 1.29 is 4.74 Å². The highest BCUT2D eigenvalue weighted by Crippen LogP contribution is 2.29. The molecule has 1 unspecified atom stereocenters. The molecule has 0 amide bonds. The molecule has 0 bridgehead atoms. The molecule has 0 aromatic heterocycles. The molecule has 108 valence electrons. The third-order valence-corrected chi connectivity index (χ3v) is 3.68. The molecule has 3 heteroatoms. The summed E-state index contributed by atoms with van der Waals surface area (Å²) >= 11 is 0. The summed E-state index contributed by atoms with van der Waals surface area (Å²) in [7, 11) is 2.24. The summed E-state index contributed by atoms with van der Waals surface area (Å²) in [5, 5.41) is 3.66. The largest absolute Gasteiger partial charge is 0.381 e. The number of hydrogen-bond donors (Lipinski definition) is 1. The molecular weight excluding hydrogens is 224 g/mol. The average molecular weight is 256 g/mol. The highest BCUT2D eigenvalue weighted by Gasteiger charge is 2.36. The van der Waals surface area contributed by atoms with Crippen molar-refractivity contribution in [3.8, 4) is 0 Å². The zero-order chi connectivity index (χ0) is 13.6. The lowest BCUT2D eigenvalue weighted by Crippen LogP contribution is -2.48. The van der Waals surface area contributed by atoms with Crippen molar-refractivity contribution in [3.63, 3.8) is 0 Å². The van der Waals surface area contributed by atoms with Gasteiger partial charge < -0.3 is 15.0 Å². The summed E-state index contributed by atoms with van der Waals surface area (Å²) in [4.78, 5) is 2.47. The van der Waals surface area contributed by atoms with Gasteiger partial charge in [-0.3, -0.25) is 0 Å². The molecule has 1 aliphatic heterocycles. The van der Waals surface area contributed by atoms with Crippen molar-refractivity contribution in [3.05, 3.63) is 0 Å². The maximum atomic E-state index is 5.66. The lowest BCUT2D eigenvalue weighted by Gasteiger charge is -2.35. The third-order valence-electron chi connectivity index (χ3n) is 3.68. The molecule has 1 atom stereocenters. The second-order valence-corrected chi connectivity index (χ2v) is 7.00. The van der Waals surface area contributed by atoms with E-state index in [9.17, 15) is 0 Å². The molecule has 0 aromatic carbocycles. The molecule has 0 spiro atoms. The van der Waals surface area contributed by atoms with Crippen molar-refractivity contribution in [2.24, 2.45) is 5.41 Å². The Morgan fingerprint density at radius 2 is 2.06 bits per heavy atom. The Bertz CT molecular complexity index is 229. The molecule has 1 rings (SSSR count). The van der Waals surface area contributed by atoms with E-state index in [1.165, 1.54) is 25.8 Å². The standard InChI is InChI=1S/C15H32N2O/c1-6-7-9-17(5)12-15(8-10-18-13-15)11-16-14(2,3)4/h16H,6-13H2,1-5H3. The van der Waals surface area contributed by atoms with Crippen LogP contribution >= 0.6 is 0 Å². The Morgan fingerprint density at radius 3 is 2.56 bits per heavy atom. The third kappa shape index (κ3) is 5.68. The van der Waals surface area contributed by atoms with E-state index in [1.807, 2.05) is 0 Å². The van der Waals surface area contributed by atoms with E-state index in [2.05, 4.69) is 45.0 Å². The first-order chi connectivity index (χ1) is 8.37. The van der Waals surface area contributed by atoms with E-state index in [-0.39, 0.29) is 5.54 Å². The van der Waals surface area contributed by atoms with Crippen LogP contribution in [0.1, 0.15) is 47.0 Å². The minimum Gasteiger partial charge on any atom is -0.381 e. The molecule has 1 heterocycles. The molecule has 18 heavy (non-hydrogen) atoms. The Labute approximate surface area is 113 Å². The normalized spacial score (nSPS) is 25.0. The monoisotopic (exact) mass is 256 g/mol. The van der Waals surface area contributed by atoms with E-state index in [0.29, 0.717) is 5.41 Å². The van der Waals surface area contributed by atoms with Crippen LogP contribution < -0.4 is 5.32 Å². The highest BCUT2D eigenvalue weighted by molar-refractivity contribution is 4.90. The molecule has 0 aliphatic carbocycles.